The Hall–Kier alpha value is -3.36. The molecule has 0 spiro atoms. The van der Waals surface area contributed by atoms with Crippen LogP contribution in [0.25, 0.3) is 17.1 Å². The molecule has 0 aliphatic heterocycles. The number of hydrogen-bond donors (Lipinski definition) is 0. The number of rotatable bonds is 5. The van der Waals surface area contributed by atoms with Crippen molar-refractivity contribution in [1.29, 1.82) is 5.26 Å². The summed E-state index contributed by atoms with van der Waals surface area (Å²) in [6.45, 7) is 8.74. The van der Waals surface area contributed by atoms with Gasteiger partial charge in [0, 0.05) is 17.0 Å². The molecule has 0 aliphatic carbocycles. The summed E-state index contributed by atoms with van der Waals surface area (Å²) in [7, 11) is 0. The van der Waals surface area contributed by atoms with Crippen LogP contribution in [0.2, 0.25) is 0 Å². The topological polar surface area (TPSA) is 54.5 Å². The van der Waals surface area contributed by atoms with E-state index >= 15 is 0 Å². The van der Waals surface area contributed by atoms with E-state index in [1.54, 1.807) is 11.8 Å². The van der Waals surface area contributed by atoms with Crippen molar-refractivity contribution >= 4 is 11.8 Å². The van der Waals surface area contributed by atoms with E-state index in [0.717, 1.165) is 33.5 Å². The van der Waals surface area contributed by atoms with E-state index in [9.17, 15) is 0 Å². The van der Waals surface area contributed by atoms with Gasteiger partial charge in [0.25, 0.3) is 0 Å². The van der Waals surface area contributed by atoms with E-state index in [2.05, 4.69) is 97.1 Å². The van der Waals surface area contributed by atoms with Crippen LogP contribution in [0.5, 0.6) is 0 Å². The fourth-order valence-corrected chi connectivity index (χ4v) is 4.33. The fourth-order valence-electron chi connectivity index (χ4n) is 3.42. The minimum Gasteiger partial charge on any atom is -0.270 e. The zero-order valence-corrected chi connectivity index (χ0v) is 19.6. The van der Waals surface area contributed by atoms with Gasteiger partial charge < -0.3 is 0 Å². The Labute approximate surface area is 193 Å². The molecule has 4 rings (SSSR count). The molecule has 0 unspecified atom stereocenters. The van der Waals surface area contributed by atoms with Crippen molar-refractivity contribution in [3.05, 3.63) is 95.1 Å². The Morgan fingerprint density at radius 1 is 0.875 bits per heavy atom. The van der Waals surface area contributed by atoms with Crippen LogP contribution in [0.4, 0.5) is 0 Å². The molecule has 160 valence electrons. The predicted octanol–water partition coefficient (Wildman–Crippen LogP) is 6.70. The highest BCUT2D eigenvalue weighted by Gasteiger charge is 2.18. The van der Waals surface area contributed by atoms with Crippen LogP contribution < -0.4 is 0 Å². The number of aromatic nitrogens is 3. The zero-order valence-electron chi connectivity index (χ0n) is 18.8. The van der Waals surface area contributed by atoms with E-state index in [4.69, 9.17) is 5.26 Å². The highest BCUT2D eigenvalue weighted by Crippen LogP contribution is 2.31. The Kier molecular flexibility index (Phi) is 6.16. The number of benzene rings is 3. The molecule has 0 fully saturated rings. The van der Waals surface area contributed by atoms with Crippen LogP contribution in [0.15, 0.2) is 78.0 Å². The van der Waals surface area contributed by atoms with Gasteiger partial charge in [0.15, 0.2) is 11.0 Å². The lowest BCUT2D eigenvalue weighted by Crippen LogP contribution is -2.10. The summed E-state index contributed by atoms with van der Waals surface area (Å²) in [5, 5.41) is 19.0. The SMILES string of the molecule is Cc1ccc(-n2c(SCc3ccc(C#N)cc3)nnc2-c2ccc(C(C)(C)C)cc2)cc1. The molecule has 32 heavy (non-hydrogen) atoms. The van der Waals surface area contributed by atoms with E-state index in [1.165, 1.54) is 11.1 Å². The second kappa shape index (κ2) is 9.02. The number of thioether (sulfide) groups is 1. The van der Waals surface area contributed by atoms with Crippen molar-refractivity contribution in [3.63, 3.8) is 0 Å². The summed E-state index contributed by atoms with van der Waals surface area (Å²) in [6.07, 6.45) is 0. The molecule has 0 saturated carbocycles. The van der Waals surface area contributed by atoms with E-state index in [-0.39, 0.29) is 5.41 Å². The maximum absolute atomic E-state index is 9.01. The van der Waals surface area contributed by atoms with Crippen LogP contribution in [-0.2, 0) is 11.2 Å². The van der Waals surface area contributed by atoms with Crippen molar-refractivity contribution in [1.82, 2.24) is 14.8 Å². The van der Waals surface area contributed by atoms with Crippen molar-refractivity contribution in [3.8, 4) is 23.1 Å². The molecule has 1 aromatic heterocycles. The third-order valence-corrected chi connectivity index (χ3v) is 6.39. The first kappa shape index (κ1) is 21.9. The van der Waals surface area contributed by atoms with Crippen LogP contribution in [-0.4, -0.2) is 14.8 Å². The molecule has 0 aliphatic rings. The molecule has 4 aromatic rings. The van der Waals surface area contributed by atoms with Crippen LogP contribution in [0.3, 0.4) is 0 Å². The molecule has 0 amide bonds. The molecule has 0 radical (unpaired) electrons. The highest BCUT2D eigenvalue weighted by atomic mass is 32.2. The summed E-state index contributed by atoms with van der Waals surface area (Å²) in [5.41, 5.74) is 6.49. The largest absolute Gasteiger partial charge is 0.270 e. The minimum atomic E-state index is 0.102. The molecule has 3 aromatic carbocycles. The number of nitrogens with zero attached hydrogens (tertiary/aromatic N) is 4. The maximum Gasteiger partial charge on any atom is 0.196 e. The van der Waals surface area contributed by atoms with Gasteiger partial charge in [-0.05, 0) is 47.7 Å². The van der Waals surface area contributed by atoms with Gasteiger partial charge in [-0.3, -0.25) is 4.57 Å². The predicted molar refractivity (Wildman–Crippen MR) is 131 cm³/mol. The lowest BCUT2D eigenvalue weighted by molar-refractivity contribution is 0.590. The normalized spacial score (nSPS) is 11.3. The van der Waals surface area contributed by atoms with E-state index in [0.29, 0.717) is 5.56 Å². The summed E-state index contributed by atoms with van der Waals surface area (Å²) in [6, 6.07) is 26.9. The van der Waals surface area contributed by atoms with Crippen LogP contribution >= 0.6 is 11.8 Å². The zero-order chi connectivity index (χ0) is 22.7. The molecule has 0 saturated heterocycles. The maximum atomic E-state index is 9.01. The number of aryl methyl sites for hydroxylation is 1. The van der Waals surface area contributed by atoms with Crippen molar-refractivity contribution < 1.29 is 0 Å². The first-order chi connectivity index (χ1) is 15.3. The van der Waals surface area contributed by atoms with Gasteiger partial charge in [0.1, 0.15) is 0 Å². The molecule has 0 bridgehead atoms. The smallest absolute Gasteiger partial charge is 0.196 e. The molecule has 0 N–H and O–H groups in total. The summed E-state index contributed by atoms with van der Waals surface area (Å²) < 4.78 is 2.12. The van der Waals surface area contributed by atoms with E-state index in [1.807, 2.05) is 24.3 Å². The Balaban J connectivity index is 1.70. The van der Waals surface area contributed by atoms with Crippen molar-refractivity contribution in [2.24, 2.45) is 0 Å². The second-order valence-corrected chi connectivity index (χ2v) is 9.84. The molecular weight excluding hydrogens is 412 g/mol. The highest BCUT2D eigenvalue weighted by molar-refractivity contribution is 7.98. The minimum absolute atomic E-state index is 0.102. The molecular formula is C27H26N4S. The first-order valence-corrected chi connectivity index (χ1v) is 11.6. The summed E-state index contributed by atoms with van der Waals surface area (Å²) in [4.78, 5) is 0. The first-order valence-electron chi connectivity index (χ1n) is 10.6. The standard InChI is InChI=1S/C27H26N4S/c1-19-5-15-24(16-6-19)31-25(22-11-13-23(14-12-22)27(2,3)4)29-30-26(31)32-18-21-9-7-20(17-28)8-10-21/h5-16H,18H2,1-4H3. The van der Waals surface area contributed by atoms with Gasteiger partial charge in [0.05, 0.1) is 11.6 Å². The Bertz CT molecular complexity index is 1240. The quantitative estimate of drug-likeness (QED) is 0.325. The lowest BCUT2D eigenvalue weighted by atomic mass is 9.87. The Morgan fingerprint density at radius 3 is 2.12 bits per heavy atom. The molecule has 5 heteroatoms. The average molecular weight is 439 g/mol. The monoisotopic (exact) mass is 438 g/mol. The summed E-state index contributed by atoms with van der Waals surface area (Å²) >= 11 is 1.64. The van der Waals surface area contributed by atoms with Crippen LogP contribution in [0.1, 0.15) is 43.0 Å². The number of nitriles is 1. The van der Waals surface area contributed by atoms with Crippen molar-refractivity contribution in [2.45, 2.75) is 44.0 Å². The van der Waals surface area contributed by atoms with Gasteiger partial charge in [0.2, 0.25) is 0 Å². The van der Waals surface area contributed by atoms with Gasteiger partial charge >= 0.3 is 0 Å². The molecule has 1 heterocycles. The summed E-state index contributed by atoms with van der Waals surface area (Å²) in [5.74, 6) is 1.58. The molecule has 4 nitrogen and oxygen atoms in total. The average Bonchev–Trinajstić information content (AvgIpc) is 3.22. The second-order valence-electron chi connectivity index (χ2n) is 8.90. The van der Waals surface area contributed by atoms with Gasteiger partial charge in [-0.25, -0.2) is 0 Å². The van der Waals surface area contributed by atoms with Crippen molar-refractivity contribution in [2.75, 3.05) is 0 Å². The lowest BCUT2D eigenvalue weighted by Gasteiger charge is -2.19. The molecule has 0 atom stereocenters. The van der Waals surface area contributed by atoms with Crippen LogP contribution in [0, 0.1) is 18.3 Å². The third kappa shape index (κ3) is 4.76. The Morgan fingerprint density at radius 2 is 1.53 bits per heavy atom. The number of hydrogen-bond acceptors (Lipinski definition) is 4. The van der Waals surface area contributed by atoms with E-state index < -0.39 is 0 Å². The third-order valence-electron chi connectivity index (χ3n) is 5.39. The fraction of sp³-hybridized carbons (Fsp3) is 0.222. The van der Waals surface area contributed by atoms with Gasteiger partial charge in [-0.1, -0.05) is 86.6 Å². The van der Waals surface area contributed by atoms with Gasteiger partial charge in [-0.2, -0.15) is 5.26 Å². The van der Waals surface area contributed by atoms with Gasteiger partial charge in [-0.15, -0.1) is 10.2 Å².